The van der Waals surface area contributed by atoms with Gasteiger partial charge in [0.2, 0.25) is 0 Å². The van der Waals surface area contributed by atoms with Crippen LogP contribution in [0.4, 0.5) is 0 Å². The maximum Gasteiger partial charge on any atom is 0.472 e. The lowest BCUT2D eigenvalue weighted by Gasteiger charge is -2.24. The molecule has 0 aromatic heterocycles. The van der Waals surface area contributed by atoms with Crippen LogP contribution >= 0.6 is 7.82 Å². The highest BCUT2D eigenvalue weighted by molar-refractivity contribution is 7.47. The normalized spacial score (nSPS) is 13.9. The third kappa shape index (κ3) is 44.1. The summed E-state index contributed by atoms with van der Waals surface area (Å²) >= 11 is 0. The number of carbonyl (C=O) groups excluding carboxylic acids is 1. The Bertz CT molecular complexity index is 951. The summed E-state index contributed by atoms with van der Waals surface area (Å²) in [6.07, 6.45) is 46.4. The highest BCUT2D eigenvalue weighted by Crippen LogP contribution is 2.43. The maximum absolute atomic E-state index is 12.7. The van der Waals surface area contributed by atoms with E-state index in [1.54, 1.807) is 0 Å². The number of esters is 1. The summed E-state index contributed by atoms with van der Waals surface area (Å²) in [5.74, 6) is -0.318. The number of hydrogen-bond donors (Lipinski definition) is 1. The average molecular weight is 815 g/mol. The second kappa shape index (κ2) is 40.7. The molecular weight excluding hydrogens is 721 g/mol. The Morgan fingerprint density at radius 1 is 0.536 bits per heavy atom. The highest BCUT2D eigenvalue weighted by Gasteiger charge is 2.26. The number of unbranched alkanes of at least 4 members (excludes halogenated alkanes) is 26. The molecule has 0 spiro atoms. The van der Waals surface area contributed by atoms with Crippen molar-refractivity contribution < 1.29 is 37.3 Å². The first kappa shape index (κ1) is 55.0. The van der Waals surface area contributed by atoms with Gasteiger partial charge in [0.25, 0.3) is 0 Å². The lowest BCUT2D eigenvalue weighted by atomic mass is 10.1. The minimum Gasteiger partial charge on any atom is -0.457 e. The zero-order valence-electron chi connectivity index (χ0n) is 37.6. The van der Waals surface area contributed by atoms with E-state index in [4.69, 9.17) is 18.5 Å². The quantitative estimate of drug-likeness (QED) is 0.0215. The summed E-state index contributed by atoms with van der Waals surface area (Å²) in [5, 5.41) is 0. The first-order chi connectivity index (χ1) is 27.1. The number of nitrogens with zero attached hydrogens (tertiary/aromatic N) is 1. The van der Waals surface area contributed by atoms with Gasteiger partial charge < -0.3 is 18.9 Å². The van der Waals surface area contributed by atoms with Crippen LogP contribution in [0.15, 0.2) is 24.3 Å². The van der Waals surface area contributed by atoms with Crippen molar-refractivity contribution in [2.24, 2.45) is 0 Å². The summed E-state index contributed by atoms with van der Waals surface area (Å²) in [6.45, 7) is 5.62. The first-order valence-electron chi connectivity index (χ1n) is 23.6. The Balaban J connectivity index is 4.20. The summed E-state index contributed by atoms with van der Waals surface area (Å²) in [7, 11) is 1.67. The van der Waals surface area contributed by atoms with Crippen molar-refractivity contribution >= 4 is 13.8 Å². The van der Waals surface area contributed by atoms with Gasteiger partial charge in [-0.15, -0.1) is 0 Å². The fourth-order valence-corrected chi connectivity index (χ4v) is 7.28. The molecule has 56 heavy (non-hydrogen) atoms. The Hall–Kier alpha value is -1.02. The van der Waals surface area contributed by atoms with Crippen molar-refractivity contribution in [3.63, 3.8) is 0 Å². The average Bonchev–Trinajstić information content (AvgIpc) is 3.15. The Labute approximate surface area is 347 Å². The molecule has 2 unspecified atom stereocenters. The van der Waals surface area contributed by atoms with E-state index in [9.17, 15) is 14.3 Å². The number of carbonyl (C=O) groups is 1. The smallest absolute Gasteiger partial charge is 0.457 e. The molecule has 0 aromatic rings. The van der Waals surface area contributed by atoms with Crippen LogP contribution in [0.25, 0.3) is 0 Å². The van der Waals surface area contributed by atoms with Gasteiger partial charge in [-0.1, -0.05) is 167 Å². The molecule has 0 radical (unpaired) electrons. The van der Waals surface area contributed by atoms with Crippen LogP contribution in [0.1, 0.15) is 213 Å². The van der Waals surface area contributed by atoms with Crippen LogP contribution in [0.5, 0.6) is 0 Å². The molecule has 2 atom stereocenters. The molecule has 0 fully saturated rings. The van der Waals surface area contributed by atoms with Gasteiger partial charge in [-0.2, -0.15) is 0 Å². The number of likely N-dealkylation sites (N-methyl/N-ethyl adjacent to an activating group) is 1. The zero-order chi connectivity index (χ0) is 41.3. The van der Waals surface area contributed by atoms with Gasteiger partial charge in [0.1, 0.15) is 19.3 Å². The summed E-state index contributed by atoms with van der Waals surface area (Å²) in [4.78, 5) is 22.9. The van der Waals surface area contributed by atoms with Crippen molar-refractivity contribution in [3.8, 4) is 0 Å². The monoisotopic (exact) mass is 815 g/mol. The molecule has 1 N–H and O–H groups in total. The van der Waals surface area contributed by atoms with Crippen LogP contribution in [-0.2, 0) is 27.9 Å². The van der Waals surface area contributed by atoms with Gasteiger partial charge in [0.05, 0.1) is 34.4 Å². The van der Waals surface area contributed by atoms with Crippen LogP contribution in [0.2, 0.25) is 0 Å². The van der Waals surface area contributed by atoms with Gasteiger partial charge in [-0.05, 0) is 64.2 Å². The Kier molecular flexibility index (Phi) is 40.0. The van der Waals surface area contributed by atoms with Crippen LogP contribution in [-0.4, -0.2) is 75.6 Å². The molecule has 0 heterocycles. The van der Waals surface area contributed by atoms with Crippen molar-refractivity contribution in [3.05, 3.63) is 24.3 Å². The van der Waals surface area contributed by atoms with Crippen molar-refractivity contribution in [1.29, 1.82) is 0 Å². The lowest BCUT2D eigenvalue weighted by molar-refractivity contribution is -0.870. The second-order valence-corrected chi connectivity index (χ2v) is 18.6. The van der Waals surface area contributed by atoms with Gasteiger partial charge in [0, 0.05) is 13.0 Å². The van der Waals surface area contributed by atoms with E-state index in [-0.39, 0.29) is 25.8 Å². The summed E-state index contributed by atoms with van der Waals surface area (Å²) in [5.41, 5.74) is 0. The molecule has 0 aliphatic heterocycles. The van der Waals surface area contributed by atoms with E-state index < -0.39 is 13.9 Å². The third-order valence-corrected chi connectivity index (χ3v) is 11.2. The predicted molar refractivity (Wildman–Crippen MR) is 238 cm³/mol. The van der Waals surface area contributed by atoms with Gasteiger partial charge >= 0.3 is 13.8 Å². The molecule has 0 bridgehead atoms. The number of phosphoric ester groups is 1. The van der Waals surface area contributed by atoms with E-state index in [1.165, 1.54) is 161 Å². The number of ether oxygens (including phenoxy) is 2. The van der Waals surface area contributed by atoms with Gasteiger partial charge in [0.15, 0.2) is 0 Å². The number of hydrogen-bond acceptors (Lipinski definition) is 6. The third-order valence-electron chi connectivity index (χ3n) is 10.2. The number of phosphoric acid groups is 1. The van der Waals surface area contributed by atoms with Crippen molar-refractivity contribution in [2.45, 2.75) is 219 Å². The molecule has 0 aliphatic carbocycles. The van der Waals surface area contributed by atoms with Gasteiger partial charge in [-0.25, -0.2) is 4.57 Å². The van der Waals surface area contributed by atoms with Crippen molar-refractivity contribution in [2.75, 3.05) is 54.1 Å². The molecule has 0 amide bonds. The second-order valence-electron chi connectivity index (χ2n) is 17.1. The van der Waals surface area contributed by atoms with E-state index in [0.717, 1.165) is 32.1 Å². The standard InChI is InChI=1S/C47H92NO7P/c1-6-8-10-12-14-16-18-20-22-24-26-28-30-32-34-36-38-40-47(49)55-46(45-54-56(50,51)53-43-41-48(3,4)5)44-52-42-39-37-35-33-31-29-27-25-23-21-19-17-15-13-11-9-7-2/h20,22-23,25,46H,6-19,21,24,26-45H2,1-5H3/p+1/b22-20-,25-23-. The Morgan fingerprint density at radius 2 is 0.929 bits per heavy atom. The number of quaternary nitrogens is 1. The SMILES string of the molecule is CCCCCCCC/C=C\CCCCCCCCCC(=O)OC(COCCCCCCCC/C=C\CCCCCCCCC)COP(=O)(O)OCC[N+](C)(C)C. The predicted octanol–water partition coefficient (Wildman–Crippen LogP) is 14.0. The van der Waals surface area contributed by atoms with E-state index in [1.807, 2.05) is 21.1 Å². The molecule has 332 valence electrons. The topological polar surface area (TPSA) is 91.3 Å². The number of rotatable bonds is 44. The van der Waals surface area contributed by atoms with E-state index in [0.29, 0.717) is 24.1 Å². The van der Waals surface area contributed by atoms with E-state index >= 15 is 0 Å². The largest absolute Gasteiger partial charge is 0.472 e. The van der Waals surface area contributed by atoms with Crippen LogP contribution in [0.3, 0.4) is 0 Å². The molecule has 0 saturated carbocycles. The minimum atomic E-state index is -4.28. The molecule has 0 aliphatic rings. The van der Waals surface area contributed by atoms with E-state index in [2.05, 4.69) is 38.2 Å². The Morgan fingerprint density at radius 3 is 1.36 bits per heavy atom. The molecule has 0 aromatic carbocycles. The first-order valence-corrected chi connectivity index (χ1v) is 25.1. The maximum atomic E-state index is 12.7. The minimum absolute atomic E-state index is 0.0879. The lowest BCUT2D eigenvalue weighted by Crippen LogP contribution is -2.37. The molecular formula is C47H93NO7P+. The molecule has 8 nitrogen and oxygen atoms in total. The molecule has 0 saturated heterocycles. The van der Waals surface area contributed by atoms with Gasteiger partial charge in [-0.3, -0.25) is 13.8 Å². The summed E-state index contributed by atoms with van der Waals surface area (Å²) in [6, 6.07) is 0. The van der Waals surface area contributed by atoms with Crippen LogP contribution < -0.4 is 0 Å². The fourth-order valence-electron chi connectivity index (χ4n) is 6.54. The van der Waals surface area contributed by atoms with Crippen LogP contribution in [0, 0.1) is 0 Å². The highest BCUT2D eigenvalue weighted by atomic mass is 31.2. The van der Waals surface area contributed by atoms with Crippen molar-refractivity contribution in [1.82, 2.24) is 0 Å². The summed E-state index contributed by atoms with van der Waals surface area (Å²) < 4.78 is 35.1. The number of allylic oxidation sites excluding steroid dienone is 4. The molecule has 9 heteroatoms. The fraction of sp³-hybridized carbons (Fsp3) is 0.894. The molecule has 0 rings (SSSR count). The zero-order valence-corrected chi connectivity index (χ0v) is 38.5.